The topological polar surface area (TPSA) is 128 Å². The SMILES string of the molecule is CNc1cc(-c2cnc3n(CC(=O)N4CC5(COC5)C4)cccc2-3)nc2c(C(=O)N[C@H]3CC[C@@H]3OC)cnn12. The van der Waals surface area contributed by atoms with E-state index in [1.54, 1.807) is 31.1 Å². The molecule has 12 nitrogen and oxygen atoms in total. The first kappa shape index (κ1) is 24.0. The molecule has 1 spiro atoms. The van der Waals surface area contributed by atoms with Crippen LogP contribution in [-0.2, 0) is 20.8 Å². The van der Waals surface area contributed by atoms with Crippen LogP contribution in [0.2, 0.25) is 0 Å². The number of amides is 2. The highest BCUT2D eigenvalue weighted by Gasteiger charge is 2.50. The average Bonchev–Trinajstić information content (AvgIpc) is 3.50. The summed E-state index contributed by atoms with van der Waals surface area (Å²) >= 11 is 0. The second kappa shape index (κ2) is 9.02. The second-order valence-electron chi connectivity index (χ2n) is 10.8. The highest BCUT2D eigenvalue weighted by Crippen LogP contribution is 2.38. The van der Waals surface area contributed by atoms with Crippen molar-refractivity contribution < 1.29 is 19.1 Å². The Morgan fingerprint density at radius 1 is 1.21 bits per heavy atom. The fraction of sp³-hybridized carbons (Fsp3) is 0.444. The predicted molar refractivity (Wildman–Crippen MR) is 141 cm³/mol. The Morgan fingerprint density at radius 3 is 2.74 bits per heavy atom. The first-order valence-corrected chi connectivity index (χ1v) is 13.2. The van der Waals surface area contributed by atoms with Crippen molar-refractivity contribution in [1.29, 1.82) is 0 Å². The lowest BCUT2D eigenvalue weighted by atomic mass is 9.78. The van der Waals surface area contributed by atoms with Crippen molar-refractivity contribution in [2.24, 2.45) is 5.41 Å². The smallest absolute Gasteiger partial charge is 0.257 e. The summed E-state index contributed by atoms with van der Waals surface area (Å²) in [4.78, 5) is 37.5. The second-order valence-corrected chi connectivity index (χ2v) is 10.8. The zero-order valence-electron chi connectivity index (χ0n) is 21.9. The van der Waals surface area contributed by atoms with Crippen LogP contribution in [-0.4, -0.2) is 93.5 Å². The van der Waals surface area contributed by atoms with Gasteiger partial charge < -0.3 is 29.6 Å². The van der Waals surface area contributed by atoms with Gasteiger partial charge in [0.05, 0.1) is 42.7 Å². The van der Waals surface area contributed by atoms with E-state index in [0.29, 0.717) is 28.5 Å². The van der Waals surface area contributed by atoms with Crippen molar-refractivity contribution in [3.63, 3.8) is 0 Å². The summed E-state index contributed by atoms with van der Waals surface area (Å²) in [6.07, 6.45) is 7.02. The Bertz CT molecular complexity index is 1550. The fourth-order valence-electron chi connectivity index (χ4n) is 5.78. The Labute approximate surface area is 224 Å². The number of hydrogen-bond donors (Lipinski definition) is 2. The van der Waals surface area contributed by atoms with Crippen molar-refractivity contribution in [2.45, 2.75) is 31.5 Å². The van der Waals surface area contributed by atoms with Crippen LogP contribution in [0.4, 0.5) is 5.82 Å². The highest BCUT2D eigenvalue weighted by atomic mass is 16.5. The van der Waals surface area contributed by atoms with Gasteiger partial charge in [-0.25, -0.2) is 9.97 Å². The molecule has 0 bridgehead atoms. The summed E-state index contributed by atoms with van der Waals surface area (Å²) in [5.41, 5.74) is 3.36. The summed E-state index contributed by atoms with van der Waals surface area (Å²) < 4.78 is 14.2. The number of carbonyl (C=O) groups excluding carboxylic acids is 2. The van der Waals surface area contributed by atoms with Crippen LogP contribution in [0.3, 0.4) is 0 Å². The molecule has 4 aliphatic heterocycles. The Balaban J connectivity index is 1.17. The van der Waals surface area contributed by atoms with Crippen molar-refractivity contribution in [3.8, 4) is 22.6 Å². The Morgan fingerprint density at radius 2 is 2.05 bits per heavy atom. The lowest BCUT2D eigenvalue weighted by molar-refractivity contribution is -0.195. The summed E-state index contributed by atoms with van der Waals surface area (Å²) in [5.74, 6) is 1.24. The molecular formula is C27H30N8O4. The number of fused-ring (bicyclic) bond motifs is 2. The van der Waals surface area contributed by atoms with Gasteiger partial charge in [-0.3, -0.25) is 9.59 Å². The third kappa shape index (κ3) is 3.85. The number of ether oxygens (including phenoxy) is 2. The molecule has 39 heavy (non-hydrogen) atoms. The predicted octanol–water partition coefficient (Wildman–Crippen LogP) is 1.51. The molecule has 6 heterocycles. The van der Waals surface area contributed by atoms with Gasteiger partial charge in [-0.15, -0.1) is 0 Å². The molecule has 1 saturated carbocycles. The normalized spacial score (nSPS) is 21.4. The molecule has 12 heteroatoms. The number of nitrogens with one attached hydrogen (secondary N) is 2. The van der Waals surface area contributed by atoms with E-state index < -0.39 is 0 Å². The number of hydrogen-bond acceptors (Lipinski definition) is 8. The van der Waals surface area contributed by atoms with Crippen LogP contribution < -0.4 is 10.6 Å². The lowest BCUT2D eigenvalue weighted by Crippen LogP contribution is -2.67. The number of pyridine rings is 1. The lowest BCUT2D eigenvalue weighted by Gasteiger charge is -2.55. The van der Waals surface area contributed by atoms with Crippen molar-refractivity contribution in [3.05, 3.63) is 42.4 Å². The monoisotopic (exact) mass is 530 g/mol. The van der Waals surface area contributed by atoms with Crippen LogP contribution in [0.5, 0.6) is 0 Å². The minimum atomic E-state index is -0.230. The molecule has 0 aromatic carbocycles. The molecule has 5 aliphatic rings. The van der Waals surface area contributed by atoms with Gasteiger partial charge in [-0.1, -0.05) is 0 Å². The zero-order valence-corrected chi connectivity index (χ0v) is 21.9. The van der Waals surface area contributed by atoms with Gasteiger partial charge in [-0.2, -0.15) is 9.61 Å². The highest BCUT2D eigenvalue weighted by molar-refractivity contribution is 6.00. The van der Waals surface area contributed by atoms with Crippen LogP contribution >= 0.6 is 0 Å². The molecule has 2 amide bonds. The van der Waals surface area contributed by atoms with E-state index >= 15 is 0 Å². The molecular weight excluding hydrogens is 500 g/mol. The van der Waals surface area contributed by atoms with Gasteiger partial charge in [0, 0.05) is 56.8 Å². The molecule has 2 atom stereocenters. The van der Waals surface area contributed by atoms with Crippen LogP contribution in [0, 0.1) is 5.41 Å². The van der Waals surface area contributed by atoms with Crippen molar-refractivity contribution in [2.75, 3.05) is 45.8 Å². The maximum Gasteiger partial charge on any atom is 0.257 e. The molecule has 0 unspecified atom stereocenters. The summed E-state index contributed by atoms with van der Waals surface area (Å²) in [7, 11) is 3.46. The Kier molecular flexibility index (Phi) is 5.56. The molecule has 202 valence electrons. The van der Waals surface area contributed by atoms with Crippen LogP contribution in [0.25, 0.3) is 28.3 Å². The molecule has 2 aromatic rings. The van der Waals surface area contributed by atoms with Gasteiger partial charge in [0.1, 0.15) is 23.8 Å². The number of anilines is 1. The number of likely N-dealkylation sites (tertiary alicyclic amines) is 1. The standard InChI is InChI=1S/C27H30N8O4/c1-28-22-8-20(31-25-18(10-30-35(22)25)26(37)32-19-5-6-21(19)38-2)17-9-29-24-16(17)4-3-7-33(24)11-23(36)34-12-27(13-34)14-39-15-27/h3-4,7-10,19,21,28H,5-6,11-15H2,1-2H3,(H,32,37)/t19-,21-/m0/s1. The minimum Gasteiger partial charge on any atom is -0.380 e. The van der Waals surface area contributed by atoms with Gasteiger partial charge >= 0.3 is 0 Å². The molecule has 7 rings (SSSR count). The molecule has 3 fully saturated rings. The fourth-order valence-corrected chi connectivity index (χ4v) is 5.78. The minimum absolute atomic E-state index is 0.0189. The number of carbonyl (C=O) groups is 2. The van der Waals surface area contributed by atoms with Gasteiger partial charge in [0.15, 0.2) is 5.65 Å². The third-order valence-electron chi connectivity index (χ3n) is 8.25. The van der Waals surface area contributed by atoms with Crippen LogP contribution in [0.15, 0.2) is 36.8 Å². The molecule has 0 radical (unpaired) electrons. The number of methoxy groups -OCH3 is 1. The van der Waals surface area contributed by atoms with Crippen molar-refractivity contribution >= 4 is 23.3 Å². The number of nitrogens with zero attached hydrogens (tertiary/aromatic N) is 6. The van der Waals surface area contributed by atoms with E-state index in [4.69, 9.17) is 14.5 Å². The van der Waals surface area contributed by atoms with E-state index in [1.165, 1.54) is 0 Å². The molecule has 2 saturated heterocycles. The zero-order chi connectivity index (χ0) is 26.7. The average molecular weight is 531 g/mol. The van der Waals surface area contributed by atoms with Gasteiger partial charge in [-0.05, 0) is 25.0 Å². The van der Waals surface area contributed by atoms with E-state index in [2.05, 4.69) is 20.7 Å². The maximum absolute atomic E-state index is 13.2. The summed E-state index contributed by atoms with van der Waals surface area (Å²) in [6, 6.07) is 5.75. The van der Waals surface area contributed by atoms with E-state index in [1.807, 2.05) is 33.9 Å². The van der Waals surface area contributed by atoms with Crippen LogP contribution in [0.1, 0.15) is 23.2 Å². The van der Waals surface area contributed by atoms with E-state index in [0.717, 1.165) is 50.3 Å². The van der Waals surface area contributed by atoms with Gasteiger partial charge in [0.25, 0.3) is 5.91 Å². The van der Waals surface area contributed by atoms with E-state index in [-0.39, 0.29) is 35.9 Å². The molecule has 1 aliphatic carbocycles. The Hall–Kier alpha value is -4.03. The van der Waals surface area contributed by atoms with E-state index in [9.17, 15) is 9.59 Å². The van der Waals surface area contributed by atoms with Gasteiger partial charge in [0.2, 0.25) is 5.91 Å². The third-order valence-corrected chi connectivity index (χ3v) is 8.25. The number of rotatable bonds is 7. The van der Waals surface area contributed by atoms with Crippen molar-refractivity contribution in [1.82, 2.24) is 34.4 Å². The summed E-state index contributed by atoms with van der Waals surface area (Å²) in [5, 5.41) is 10.6. The largest absolute Gasteiger partial charge is 0.380 e. The first-order valence-electron chi connectivity index (χ1n) is 13.2. The maximum atomic E-state index is 13.2. The molecule has 2 aromatic heterocycles. The molecule has 2 N–H and O–H groups in total. The summed E-state index contributed by atoms with van der Waals surface area (Å²) in [6.45, 7) is 3.22. The number of aromatic nitrogens is 5. The first-order chi connectivity index (χ1) is 19.0. The quantitative estimate of drug-likeness (QED) is 0.368.